The lowest BCUT2D eigenvalue weighted by Crippen LogP contribution is -2.10. The molecule has 0 spiro atoms. The first-order valence-corrected chi connectivity index (χ1v) is 23.6. The Morgan fingerprint density at radius 3 is 1.60 bits per heavy atom. The largest absolute Gasteiger partial charge is 0.455 e. The molecule has 0 atom stereocenters. The first kappa shape index (κ1) is 38.9. The third-order valence-electron chi connectivity index (χ3n) is 13.3. The molecule has 0 radical (unpaired) electrons. The molecule has 2 aromatic heterocycles. The third kappa shape index (κ3) is 6.79. The third-order valence-corrected chi connectivity index (χ3v) is 14.5. The average Bonchev–Trinajstić information content (AvgIpc) is 3.98. The highest BCUT2D eigenvalue weighted by Crippen LogP contribution is 2.50. The topological polar surface area (TPSA) is 16.4 Å². The van der Waals surface area contributed by atoms with Crippen LogP contribution in [0.1, 0.15) is 0 Å². The van der Waals surface area contributed by atoms with Crippen LogP contribution in [0.5, 0.6) is 0 Å². The maximum absolute atomic E-state index is 7.07. The number of rotatable bonds is 8. The van der Waals surface area contributed by atoms with Crippen LogP contribution >= 0.6 is 11.3 Å². The van der Waals surface area contributed by atoms with Crippen molar-refractivity contribution in [3.63, 3.8) is 0 Å². The molecule has 2 heterocycles. The van der Waals surface area contributed by atoms with E-state index < -0.39 is 0 Å². The quantitative estimate of drug-likeness (QED) is 0.151. The fourth-order valence-corrected chi connectivity index (χ4v) is 11.2. The van der Waals surface area contributed by atoms with Crippen LogP contribution in [0.15, 0.2) is 253 Å². The van der Waals surface area contributed by atoms with Gasteiger partial charge in [-0.25, -0.2) is 0 Å². The van der Waals surface area contributed by atoms with E-state index in [1.807, 2.05) is 11.3 Å². The molecule has 0 amide bonds. The molecule has 0 bridgehead atoms. The minimum atomic E-state index is 0.858. The van der Waals surface area contributed by atoms with Crippen molar-refractivity contribution in [1.82, 2.24) is 0 Å². The predicted octanol–water partition coefficient (Wildman–Crippen LogP) is 18.9. The summed E-state index contributed by atoms with van der Waals surface area (Å²) in [6, 6.07) is 90.0. The van der Waals surface area contributed by atoms with Crippen molar-refractivity contribution < 1.29 is 4.42 Å². The molecular weight excluding hydrogens is 831 g/mol. The summed E-state index contributed by atoms with van der Waals surface area (Å²) in [7, 11) is 0. The second-order valence-electron chi connectivity index (χ2n) is 17.2. The molecule has 0 aliphatic carbocycles. The van der Waals surface area contributed by atoms with E-state index in [9.17, 15) is 0 Å². The summed E-state index contributed by atoms with van der Waals surface area (Å²) >= 11 is 1.86. The summed E-state index contributed by atoms with van der Waals surface area (Å²) < 4.78 is 9.57. The van der Waals surface area contributed by atoms with Gasteiger partial charge >= 0.3 is 0 Å². The summed E-state index contributed by atoms with van der Waals surface area (Å²) in [5.41, 5.74) is 16.7. The van der Waals surface area contributed by atoms with Gasteiger partial charge in [0.15, 0.2) is 0 Å². The molecule has 67 heavy (non-hydrogen) atoms. The maximum Gasteiger partial charge on any atom is 0.145 e. The van der Waals surface area contributed by atoms with E-state index in [0.29, 0.717) is 0 Å². The zero-order valence-electron chi connectivity index (χ0n) is 36.4. The van der Waals surface area contributed by atoms with Crippen molar-refractivity contribution in [1.29, 1.82) is 0 Å². The van der Waals surface area contributed by atoms with Crippen molar-refractivity contribution in [2.75, 3.05) is 4.90 Å². The van der Waals surface area contributed by atoms with Crippen LogP contribution in [0.25, 0.3) is 109 Å². The van der Waals surface area contributed by atoms with Gasteiger partial charge in [0.25, 0.3) is 0 Å². The van der Waals surface area contributed by atoms with E-state index in [1.54, 1.807) is 0 Å². The maximum atomic E-state index is 7.07. The number of anilines is 3. The number of benzene rings is 11. The SMILES string of the molecule is c1ccc(-c2ccc3c(c2)oc2c(-c4ccccc4)ccc(N(c4ccc(-c5ccc(-c6cccc7ccccc67)cc5)cc4)c4cccc5c4sc4cc(-c6ccccc6)ccc45)c23)cc1. The molecule has 13 aromatic rings. The van der Waals surface area contributed by atoms with Crippen LogP contribution < -0.4 is 4.90 Å². The lowest BCUT2D eigenvalue weighted by molar-refractivity contribution is 0.670. The van der Waals surface area contributed by atoms with Gasteiger partial charge in [0.1, 0.15) is 11.2 Å². The molecule has 0 aliphatic heterocycles. The van der Waals surface area contributed by atoms with Crippen molar-refractivity contribution in [2.45, 2.75) is 0 Å². The van der Waals surface area contributed by atoms with Gasteiger partial charge < -0.3 is 9.32 Å². The Balaban J connectivity index is 1.00. The average molecular weight is 872 g/mol. The van der Waals surface area contributed by atoms with Gasteiger partial charge in [-0.15, -0.1) is 11.3 Å². The zero-order valence-corrected chi connectivity index (χ0v) is 37.3. The van der Waals surface area contributed by atoms with E-state index >= 15 is 0 Å². The second-order valence-corrected chi connectivity index (χ2v) is 18.3. The van der Waals surface area contributed by atoms with Gasteiger partial charge in [-0.3, -0.25) is 0 Å². The van der Waals surface area contributed by atoms with E-state index in [1.165, 1.54) is 58.8 Å². The number of thiophene rings is 1. The van der Waals surface area contributed by atoms with Crippen molar-refractivity contribution >= 4 is 81.3 Å². The van der Waals surface area contributed by atoms with Crippen LogP contribution in [0.3, 0.4) is 0 Å². The molecule has 0 saturated heterocycles. The van der Waals surface area contributed by atoms with Gasteiger partial charge in [0.2, 0.25) is 0 Å². The second kappa shape index (κ2) is 16.2. The Kier molecular flexibility index (Phi) is 9.40. The van der Waals surface area contributed by atoms with E-state index in [0.717, 1.165) is 66.8 Å². The fraction of sp³-hybridized carbons (Fsp3) is 0. The monoisotopic (exact) mass is 871 g/mol. The van der Waals surface area contributed by atoms with E-state index in [2.05, 4.69) is 254 Å². The predicted molar refractivity (Wildman–Crippen MR) is 286 cm³/mol. The lowest BCUT2D eigenvalue weighted by Gasteiger charge is -2.27. The van der Waals surface area contributed by atoms with Gasteiger partial charge in [0.05, 0.1) is 21.5 Å². The Morgan fingerprint density at radius 2 is 0.866 bits per heavy atom. The molecule has 0 aliphatic rings. The van der Waals surface area contributed by atoms with Crippen LogP contribution in [-0.4, -0.2) is 0 Å². The molecule has 0 N–H and O–H groups in total. The highest BCUT2D eigenvalue weighted by molar-refractivity contribution is 7.26. The van der Waals surface area contributed by atoms with Crippen LogP contribution in [0.2, 0.25) is 0 Å². The number of hydrogen-bond donors (Lipinski definition) is 0. The van der Waals surface area contributed by atoms with Gasteiger partial charge in [-0.1, -0.05) is 200 Å². The fourth-order valence-electron chi connectivity index (χ4n) is 10.0. The van der Waals surface area contributed by atoms with Crippen LogP contribution in [-0.2, 0) is 0 Å². The normalized spacial score (nSPS) is 11.6. The van der Waals surface area contributed by atoms with E-state index in [-0.39, 0.29) is 0 Å². The molecule has 0 unspecified atom stereocenters. The van der Waals surface area contributed by atoms with Gasteiger partial charge in [-0.05, 0) is 109 Å². The summed E-state index contributed by atoms with van der Waals surface area (Å²) in [6.45, 7) is 0. The molecule has 314 valence electrons. The highest BCUT2D eigenvalue weighted by Gasteiger charge is 2.25. The number of hydrogen-bond acceptors (Lipinski definition) is 3. The first-order valence-electron chi connectivity index (χ1n) is 22.8. The molecule has 0 fully saturated rings. The van der Waals surface area contributed by atoms with Crippen LogP contribution in [0.4, 0.5) is 17.1 Å². The molecular formula is C64H41NOS. The standard InChI is InChI=1S/C64H41NOS/c1-4-14-42(15-5-1)49-33-37-57-60(40-49)66-63-54(47-18-8-3-9-19-47)38-39-58(62(57)63)65(59-25-13-24-56-55-36-32-50(41-61(55)67-64(56)59)43-16-6-2-7-17-43)51-34-30-45(31-35-51)44-26-28-48(29-27-44)53-23-12-21-46-20-10-11-22-52(46)53/h1-41H. The van der Waals surface area contributed by atoms with Crippen molar-refractivity contribution in [3.05, 3.63) is 249 Å². The summed E-state index contributed by atoms with van der Waals surface area (Å²) in [5, 5.41) is 7.17. The number of furan rings is 1. The smallest absolute Gasteiger partial charge is 0.145 e. The Labute approximate surface area is 392 Å². The van der Waals surface area contributed by atoms with Crippen LogP contribution in [0, 0.1) is 0 Å². The summed E-state index contributed by atoms with van der Waals surface area (Å²) in [5.74, 6) is 0. The van der Waals surface area contributed by atoms with Gasteiger partial charge in [0, 0.05) is 32.1 Å². The Morgan fingerprint density at radius 1 is 0.328 bits per heavy atom. The van der Waals surface area contributed by atoms with Crippen molar-refractivity contribution in [2.24, 2.45) is 0 Å². The summed E-state index contributed by atoms with van der Waals surface area (Å²) in [4.78, 5) is 2.46. The summed E-state index contributed by atoms with van der Waals surface area (Å²) in [6.07, 6.45) is 0. The molecule has 13 rings (SSSR count). The molecule has 0 saturated carbocycles. The minimum Gasteiger partial charge on any atom is -0.455 e. The number of nitrogens with zero attached hydrogens (tertiary/aromatic N) is 1. The van der Waals surface area contributed by atoms with Gasteiger partial charge in [-0.2, -0.15) is 0 Å². The molecule has 3 heteroatoms. The van der Waals surface area contributed by atoms with E-state index in [4.69, 9.17) is 4.42 Å². The lowest BCUT2D eigenvalue weighted by atomic mass is 9.96. The first-order chi connectivity index (χ1) is 33.2. The Hall–Kier alpha value is -8.50. The number of fused-ring (bicyclic) bond motifs is 7. The van der Waals surface area contributed by atoms with Crippen molar-refractivity contribution in [3.8, 4) is 55.6 Å². The minimum absolute atomic E-state index is 0.858. The molecule has 11 aromatic carbocycles. The Bertz CT molecular complexity index is 3940. The zero-order chi connectivity index (χ0) is 44.3. The highest BCUT2D eigenvalue weighted by atomic mass is 32.1. The molecule has 2 nitrogen and oxygen atoms in total.